The summed E-state index contributed by atoms with van der Waals surface area (Å²) in [5.41, 5.74) is 1.59. The Labute approximate surface area is 145 Å². The van der Waals surface area contributed by atoms with Crippen molar-refractivity contribution >= 4 is 17.2 Å². The van der Waals surface area contributed by atoms with Gasteiger partial charge in [-0.2, -0.15) is 0 Å². The molecule has 1 fully saturated rings. The van der Waals surface area contributed by atoms with Gasteiger partial charge in [0.25, 0.3) is 0 Å². The zero-order valence-corrected chi connectivity index (χ0v) is 14.3. The maximum absolute atomic E-state index is 14.0. The average Bonchev–Trinajstić information content (AvgIpc) is 2.61. The number of carbonyl (C=O) groups is 1. The van der Waals surface area contributed by atoms with Gasteiger partial charge in [-0.15, -0.1) is 0 Å². The van der Waals surface area contributed by atoms with Crippen molar-refractivity contribution in [3.63, 3.8) is 0 Å². The second-order valence-corrected chi connectivity index (χ2v) is 5.98. The molecule has 0 amide bonds. The van der Waals surface area contributed by atoms with E-state index in [1.165, 1.54) is 32.2 Å². The first kappa shape index (κ1) is 17.2. The van der Waals surface area contributed by atoms with Crippen molar-refractivity contribution in [3.05, 3.63) is 53.6 Å². The molecule has 0 radical (unpaired) electrons. The van der Waals surface area contributed by atoms with Gasteiger partial charge >= 0.3 is 0 Å². The molecule has 6 heteroatoms. The van der Waals surface area contributed by atoms with Crippen LogP contribution in [0.3, 0.4) is 0 Å². The zero-order chi connectivity index (χ0) is 18.0. The van der Waals surface area contributed by atoms with Gasteiger partial charge in [-0.1, -0.05) is 6.07 Å². The number of halogens is 2. The normalized spacial score (nSPS) is 14.6. The maximum Gasteiger partial charge on any atom is 0.164 e. The molecule has 4 nitrogen and oxygen atoms in total. The van der Waals surface area contributed by atoms with Crippen molar-refractivity contribution in [1.82, 2.24) is 0 Å². The van der Waals surface area contributed by atoms with Gasteiger partial charge in [0.2, 0.25) is 0 Å². The van der Waals surface area contributed by atoms with Crippen molar-refractivity contribution in [2.24, 2.45) is 0 Å². The summed E-state index contributed by atoms with van der Waals surface area (Å²) in [5, 5.41) is 0. The van der Waals surface area contributed by atoms with E-state index in [1.54, 1.807) is 18.2 Å². The predicted octanol–water partition coefficient (Wildman–Crippen LogP) is 3.50. The van der Waals surface area contributed by atoms with Crippen LogP contribution in [0.2, 0.25) is 0 Å². The van der Waals surface area contributed by atoms with E-state index in [0.29, 0.717) is 37.6 Å². The Balaban J connectivity index is 1.79. The van der Waals surface area contributed by atoms with E-state index in [9.17, 15) is 13.6 Å². The van der Waals surface area contributed by atoms with E-state index < -0.39 is 5.82 Å². The summed E-state index contributed by atoms with van der Waals surface area (Å²) in [6, 6.07) is 9.17. The van der Waals surface area contributed by atoms with Crippen LogP contribution in [-0.4, -0.2) is 39.1 Å². The highest BCUT2D eigenvalue weighted by molar-refractivity contribution is 6.00. The SMILES string of the molecule is COc1cc(F)ccc1N1CCN(c2cccc(F)c2C(C)=O)CC1. The summed E-state index contributed by atoms with van der Waals surface area (Å²) < 4.78 is 32.7. The number of hydrogen-bond donors (Lipinski definition) is 0. The molecule has 0 aromatic heterocycles. The van der Waals surface area contributed by atoms with E-state index in [0.717, 1.165) is 5.69 Å². The number of nitrogens with zero attached hydrogens (tertiary/aromatic N) is 2. The molecule has 3 rings (SSSR count). The molecule has 25 heavy (non-hydrogen) atoms. The molecule has 1 aliphatic heterocycles. The molecule has 2 aromatic carbocycles. The number of ether oxygens (including phenoxy) is 1. The standard InChI is InChI=1S/C19H20F2N2O2/c1-13(24)19-15(21)4-3-5-17(19)23-10-8-22(9-11-23)16-7-6-14(20)12-18(16)25-2/h3-7,12H,8-11H2,1-2H3. The molecule has 0 N–H and O–H groups in total. The van der Waals surface area contributed by atoms with Crippen molar-refractivity contribution in [2.75, 3.05) is 43.1 Å². The third-order valence-corrected chi connectivity index (χ3v) is 4.45. The van der Waals surface area contributed by atoms with Gasteiger partial charge in [0.05, 0.1) is 24.0 Å². The van der Waals surface area contributed by atoms with Crippen molar-refractivity contribution in [2.45, 2.75) is 6.92 Å². The summed E-state index contributed by atoms with van der Waals surface area (Å²) >= 11 is 0. The van der Waals surface area contributed by atoms with Gasteiger partial charge in [-0.05, 0) is 31.2 Å². The molecule has 0 aliphatic carbocycles. The Morgan fingerprint density at radius 2 is 1.64 bits per heavy atom. The summed E-state index contributed by atoms with van der Waals surface area (Å²) in [4.78, 5) is 15.9. The van der Waals surface area contributed by atoms with Crippen molar-refractivity contribution < 1.29 is 18.3 Å². The summed E-state index contributed by atoms with van der Waals surface area (Å²) in [6.45, 7) is 3.96. The summed E-state index contributed by atoms with van der Waals surface area (Å²) in [5.74, 6) is -0.628. The molecule has 132 valence electrons. The smallest absolute Gasteiger partial charge is 0.164 e. The molecule has 0 unspecified atom stereocenters. The quantitative estimate of drug-likeness (QED) is 0.794. The number of methoxy groups -OCH3 is 1. The van der Waals surface area contributed by atoms with Gasteiger partial charge in [0, 0.05) is 32.2 Å². The Hall–Kier alpha value is -2.63. The number of rotatable bonds is 4. The van der Waals surface area contributed by atoms with Gasteiger partial charge in [-0.25, -0.2) is 8.78 Å². The highest BCUT2D eigenvalue weighted by Gasteiger charge is 2.24. The molecule has 0 saturated carbocycles. The van der Waals surface area contributed by atoms with Crippen LogP contribution in [0.25, 0.3) is 0 Å². The molecule has 0 bridgehead atoms. The largest absolute Gasteiger partial charge is 0.494 e. The number of ketones is 1. The first-order valence-electron chi connectivity index (χ1n) is 8.14. The van der Waals surface area contributed by atoms with Crippen LogP contribution in [0, 0.1) is 11.6 Å². The zero-order valence-electron chi connectivity index (χ0n) is 14.3. The number of piperazine rings is 1. The number of anilines is 2. The van der Waals surface area contributed by atoms with Gasteiger partial charge in [0.1, 0.15) is 17.4 Å². The van der Waals surface area contributed by atoms with Crippen LogP contribution in [0.5, 0.6) is 5.75 Å². The minimum Gasteiger partial charge on any atom is -0.494 e. The number of Topliss-reactive ketones (excluding diaryl/α,β-unsaturated/α-hetero) is 1. The fourth-order valence-electron chi connectivity index (χ4n) is 3.23. The van der Waals surface area contributed by atoms with Crippen molar-refractivity contribution in [1.29, 1.82) is 0 Å². The van der Waals surface area contributed by atoms with Gasteiger partial charge in [0.15, 0.2) is 5.78 Å². The predicted molar refractivity (Wildman–Crippen MR) is 93.8 cm³/mol. The number of hydrogen-bond acceptors (Lipinski definition) is 4. The van der Waals surface area contributed by atoms with Crippen LogP contribution in [-0.2, 0) is 0 Å². The summed E-state index contributed by atoms with van der Waals surface area (Å²) in [6.07, 6.45) is 0. The molecule has 1 saturated heterocycles. The second kappa shape index (κ2) is 7.09. The molecular formula is C19H20F2N2O2. The molecule has 1 heterocycles. The van der Waals surface area contributed by atoms with Crippen LogP contribution in [0.15, 0.2) is 36.4 Å². The maximum atomic E-state index is 14.0. The highest BCUT2D eigenvalue weighted by Crippen LogP contribution is 2.31. The van der Waals surface area contributed by atoms with Crippen LogP contribution >= 0.6 is 0 Å². The Morgan fingerprint density at radius 3 is 2.24 bits per heavy atom. The fourth-order valence-corrected chi connectivity index (χ4v) is 3.23. The van der Waals surface area contributed by atoms with E-state index in [4.69, 9.17) is 4.74 Å². The van der Waals surface area contributed by atoms with Gasteiger partial charge < -0.3 is 14.5 Å². The lowest BCUT2D eigenvalue weighted by Crippen LogP contribution is -2.47. The minimum absolute atomic E-state index is 0.135. The van der Waals surface area contributed by atoms with Crippen LogP contribution in [0.4, 0.5) is 20.2 Å². The van der Waals surface area contributed by atoms with Crippen LogP contribution in [0.1, 0.15) is 17.3 Å². The Morgan fingerprint density at radius 1 is 1.00 bits per heavy atom. The van der Waals surface area contributed by atoms with E-state index >= 15 is 0 Å². The van der Waals surface area contributed by atoms with E-state index in [2.05, 4.69) is 4.90 Å². The molecule has 1 aliphatic rings. The van der Waals surface area contributed by atoms with Gasteiger partial charge in [-0.3, -0.25) is 4.79 Å². The van der Waals surface area contributed by atoms with Crippen LogP contribution < -0.4 is 14.5 Å². The minimum atomic E-state index is -0.493. The first-order valence-corrected chi connectivity index (χ1v) is 8.14. The Bertz CT molecular complexity index is 787. The summed E-state index contributed by atoms with van der Waals surface area (Å²) in [7, 11) is 1.51. The Kier molecular flexibility index (Phi) is 4.88. The third-order valence-electron chi connectivity index (χ3n) is 4.45. The lowest BCUT2D eigenvalue weighted by Gasteiger charge is -2.38. The molecule has 0 atom stereocenters. The molecular weight excluding hydrogens is 326 g/mol. The lowest BCUT2D eigenvalue weighted by molar-refractivity contribution is 0.101. The third kappa shape index (κ3) is 3.43. The highest BCUT2D eigenvalue weighted by atomic mass is 19.1. The monoisotopic (exact) mass is 346 g/mol. The van der Waals surface area contributed by atoms with E-state index in [1.807, 2.05) is 4.90 Å². The average molecular weight is 346 g/mol. The lowest BCUT2D eigenvalue weighted by atomic mass is 10.1. The first-order chi connectivity index (χ1) is 12.0. The number of benzene rings is 2. The number of carbonyl (C=O) groups excluding carboxylic acids is 1. The fraction of sp³-hybridized carbons (Fsp3) is 0.316. The topological polar surface area (TPSA) is 32.8 Å². The molecule has 2 aromatic rings. The second-order valence-electron chi connectivity index (χ2n) is 5.98. The van der Waals surface area contributed by atoms with E-state index in [-0.39, 0.29) is 17.2 Å². The van der Waals surface area contributed by atoms with Crippen molar-refractivity contribution in [3.8, 4) is 5.75 Å². The molecule has 0 spiro atoms.